The third kappa shape index (κ3) is 3.12. The predicted molar refractivity (Wildman–Crippen MR) is 84.4 cm³/mol. The number of fused-ring (bicyclic) bond motifs is 1. The van der Waals surface area contributed by atoms with E-state index in [-0.39, 0.29) is 12.1 Å². The predicted octanol–water partition coefficient (Wildman–Crippen LogP) is 2.42. The lowest BCUT2D eigenvalue weighted by atomic mass is 10.2. The van der Waals surface area contributed by atoms with Crippen LogP contribution in [0.5, 0.6) is 0 Å². The summed E-state index contributed by atoms with van der Waals surface area (Å²) in [5, 5.41) is 0.376. The fourth-order valence-electron chi connectivity index (χ4n) is 2.84. The lowest BCUT2D eigenvalue weighted by molar-refractivity contribution is -0.135. The Balaban J connectivity index is 1.88. The maximum absolute atomic E-state index is 12.9. The molecule has 1 aliphatic rings. The molecule has 122 valence electrons. The molecule has 0 spiro atoms. The number of carbonyl (C=O) groups excluding carboxylic acids is 1. The van der Waals surface area contributed by atoms with Crippen LogP contribution in [-0.4, -0.2) is 39.4 Å². The summed E-state index contributed by atoms with van der Waals surface area (Å²) in [6.07, 6.45) is -0.437. The number of rotatable bonds is 3. The molecule has 3 rings (SSSR count). The Bertz CT molecular complexity index is 809. The summed E-state index contributed by atoms with van der Waals surface area (Å²) in [4.78, 5) is 30.0. The number of hydrogen-bond acceptors (Lipinski definition) is 3. The quantitative estimate of drug-likeness (QED) is 0.814. The summed E-state index contributed by atoms with van der Waals surface area (Å²) in [5.74, 6) is -0.481. The summed E-state index contributed by atoms with van der Waals surface area (Å²) >= 11 is 3.29. The first-order chi connectivity index (χ1) is 11.0. The summed E-state index contributed by atoms with van der Waals surface area (Å²) in [5.41, 5.74) is 0.158. The number of aromatic nitrogens is 2. The average molecular weight is 386 g/mol. The molecule has 0 bridgehead atoms. The topological polar surface area (TPSA) is 55.2 Å². The van der Waals surface area contributed by atoms with Crippen molar-refractivity contribution in [3.63, 3.8) is 0 Å². The van der Waals surface area contributed by atoms with E-state index in [1.54, 1.807) is 18.2 Å². The van der Waals surface area contributed by atoms with Crippen molar-refractivity contribution >= 4 is 32.7 Å². The molecule has 23 heavy (non-hydrogen) atoms. The fraction of sp³-hybridized carbons (Fsp3) is 0.400. The van der Waals surface area contributed by atoms with Gasteiger partial charge in [0.25, 0.3) is 12.0 Å². The second-order valence-corrected chi connectivity index (χ2v) is 6.39. The van der Waals surface area contributed by atoms with Crippen molar-refractivity contribution in [2.45, 2.75) is 31.9 Å². The van der Waals surface area contributed by atoms with Crippen molar-refractivity contribution in [3.8, 4) is 0 Å². The average Bonchev–Trinajstić information content (AvgIpc) is 3.00. The van der Waals surface area contributed by atoms with E-state index in [0.717, 1.165) is 9.04 Å². The van der Waals surface area contributed by atoms with E-state index < -0.39 is 18.4 Å². The van der Waals surface area contributed by atoms with Gasteiger partial charge in [-0.25, -0.2) is 13.8 Å². The Kier molecular flexibility index (Phi) is 4.43. The van der Waals surface area contributed by atoms with Crippen LogP contribution in [0.1, 0.15) is 12.8 Å². The molecule has 1 amide bonds. The molecule has 2 aromatic rings. The Morgan fingerprint density at radius 2 is 2.22 bits per heavy atom. The van der Waals surface area contributed by atoms with Gasteiger partial charge in [-0.1, -0.05) is 15.9 Å². The Morgan fingerprint density at radius 3 is 2.96 bits per heavy atom. The van der Waals surface area contributed by atoms with Gasteiger partial charge in [-0.3, -0.25) is 14.2 Å². The maximum atomic E-state index is 12.9. The molecule has 1 fully saturated rings. The maximum Gasteiger partial charge on any atom is 0.261 e. The van der Waals surface area contributed by atoms with E-state index in [1.807, 2.05) is 0 Å². The minimum atomic E-state index is -2.57. The van der Waals surface area contributed by atoms with E-state index >= 15 is 0 Å². The molecule has 1 atom stereocenters. The van der Waals surface area contributed by atoms with E-state index in [4.69, 9.17) is 0 Å². The zero-order valence-electron chi connectivity index (χ0n) is 12.1. The van der Waals surface area contributed by atoms with Gasteiger partial charge >= 0.3 is 0 Å². The first kappa shape index (κ1) is 16.0. The van der Waals surface area contributed by atoms with Crippen molar-refractivity contribution in [1.29, 1.82) is 0 Å². The Morgan fingerprint density at radius 1 is 1.43 bits per heavy atom. The molecule has 1 saturated heterocycles. The van der Waals surface area contributed by atoms with Gasteiger partial charge in [0.05, 0.1) is 23.3 Å². The number of benzene rings is 1. The van der Waals surface area contributed by atoms with Crippen LogP contribution in [0, 0.1) is 0 Å². The van der Waals surface area contributed by atoms with Crippen molar-refractivity contribution in [3.05, 3.63) is 39.4 Å². The Labute approximate surface area is 139 Å². The number of likely N-dealkylation sites (tertiary alicyclic amines) is 1. The van der Waals surface area contributed by atoms with Crippen molar-refractivity contribution < 1.29 is 13.6 Å². The zero-order chi connectivity index (χ0) is 16.6. The van der Waals surface area contributed by atoms with Crippen LogP contribution in [0.3, 0.4) is 0 Å². The molecular weight excluding hydrogens is 372 g/mol. The fourth-order valence-corrected chi connectivity index (χ4v) is 3.21. The van der Waals surface area contributed by atoms with Crippen molar-refractivity contribution in [2.24, 2.45) is 0 Å². The van der Waals surface area contributed by atoms with Crippen LogP contribution in [0.15, 0.2) is 33.8 Å². The van der Waals surface area contributed by atoms with E-state index in [1.165, 1.54) is 11.2 Å². The molecule has 1 aliphatic heterocycles. The molecule has 2 heterocycles. The molecule has 0 aliphatic carbocycles. The molecule has 0 N–H and O–H groups in total. The summed E-state index contributed by atoms with van der Waals surface area (Å²) < 4.78 is 27.8. The van der Waals surface area contributed by atoms with E-state index in [0.29, 0.717) is 30.3 Å². The normalized spacial score (nSPS) is 18.1. The number of amides is 1. The van der Waals surface area contributed by atoms with Crippen molar-refractivity contribution in [1.82, 2.24) is 14.5 Å². The van der Waals surface area contributed by atoms with Gasteiger partial charge in [0.15, 0.2) is 0 Å². The molecule has 0 unspecified atom stereocenters. The third-order valence-electron chi connectivity index (χ3n) is 4.00. The molecule has 0 saturated carbocycles. The smallest absolute Gasteiger partial charge is 0.261 e. The first-order valence-electron chi connectivity index (χ1n) is 7.19. The second kappa shape index (κ2) is 6.35. The minimum Gasteiger partial charge on any atom is -0.332 e. The molecule has 5 nitrogen and oxygen atoms in total. The van der Waals surface area contributed by atoms with Gasteiger partial charge in [0.2, 0.25) is 5.91 Å². The molecule has 0 radical (unpaired) electrons. The highest BCUT2D eigenvalue weighted by atomic mass is 79.9. The van der Waals surface area contributed by atoms with Gasteiger partial charge in [-0.2, -0.15) is 0 Å². The highest BCUT2D eigenvalue weighted by Gasteiger charge is 2.35. The molecular formula is C15H14BrF2N3O2. The largest absolute Gasteiger partial charge is 0.332 e. The van der Waals surface area contributed by atoms with Gasteiger partial charge in [-0.05, 0) is 31.0 Å². The Hall–Kier alpha value is -1.83. The lowest BCUT2D eigenvalue weighted by Crippen LogP contribution is -2.42. The monoisotopic (exact) mass is 385 g/mol. The first-order valence-corrected chi connectivity index (χ1v) is 7.99. The number of nitrogens with zero attached hydrogens (tertiary/aromatic N) is 3. The summed E-state index contributed by atoms with van der Waals surface area (Å²) in [6.45, 7) is 0.0205. The standard InChI is InChI=1S/C15H14BrF2N3O2/c16-9-3-4-11-10(6-9)15(23)20(8-19-11)7-13(22)21-5-1-2-12(21)14(17)18/h3-4,6,8,12,14H,1-2,5,7H2/t12-/m0/s1. The number of hydrogen-bond donors (Lipinski definition) is 0. The van der Waals surface area contributed by atoms with Crippen LogP contribution in [0.4, 0.5) is 8.78 Å². The van der Waals surface area contributed by atoms with Crippen LogP contribution >= 0.6 is 15.9 Å². The highest BCUT2D eigenvalue weighted by Crippen LogP contribution is 2.23. The van der Waals surface area contributed by atoms with Crippen LogP contribution < -0.4 is 5.56 Å². The molecule has 8 heteroatoms. The van der Waals surface area contributed by atoms with Gasteiger partial charge in [0, 0.05) is 11.0 Å². The summed E-state index contributed by atoms with van der Waals surface area (Å²) in [6, 6.07) is 4.03. The SMILES string of the molecule is O=C(Cn1cnc2ccc(Br)cc2c1=O)N1CCC[C@H]1C(F)F. The summed E-state index contributed by atoms with van der Waals surface area (Å²) in [7, 11) is 0. The van der Waals surface area contributed by atoms with E-state index in [9.17, 15) is 18.4 Å². The highest BCUT2D eigenvalue weighted by molar-refractivity contribution is 9.10. The lowest BCUT2D eigenvalue weighted by Gasteiger charge is -2.24. The van der Waals surface area contributed by atoms with Crippen LogP contribution in [0.2, 0.25) is 0 Å². The second-order valence-electron chi connectivity index (χ2n) is 5.47. The van der Waals surface area contributed by atoms with Crippen molar-refractivity contribution in [2.75, 3.05) is 6.54 Å². The van der Waals surface area contributed by atoms with Gasteiger partial charge in [-0.15, -0.1) is 0 Å². The van der Waals surface area contributed by atoms with Gasteiger partial charge in [0.1, 0.15) is 6.54 Å². The van der Waals surface area contributed by atoms with E-state index in [2.05, 4.69) is 20.9 Å². The van der Waals surface area contributed by atoms with Gasteiger partial charge < -0.3 is 4.90 Å². The number of carbonyl (C=O) groups is 1. The minimum absolute atomic E-state index is 0.280. The number of alkyl halides is 2. The molecule has 1 aromatic heterocycles. The zero-order valence-corrected chi connectivity index (χ0v) is 13.7. The van der Waals surface area contributed by atoms with Crippen LogP contribution in [0.25, 0.3) is 10.9 Å². The third-order valence-corrected chi connectivity index (χ3v) is 4.50. The van der Waals surface area contributed by atoms with Crippen LogP contribution in [-0.2, 0) is 11.3 Å². The molecule has 1 aromatic carbocycles. The number of halogens is 3.